The van der Waals surface area contributed by atoms with Crippen LogP contribution in [0.4, 0.5) is 0 Å². The molecule has 43 heteroatoms. The Labute approximate surface area is 774 Å². The molecular weight excluding hydrogens is 1740 g/mol. The highest BCUT2D eigenvalue weighted by molar-refractivity contribution is 8.00. The van der Waals surface area contributed by atoms with E-state index in [1.54, 1.807) is 82.4 Å². The Morgan fingerprint density at radius 1 is 0.541 bits per heavy atom. The van der Waals surface area contributed by atoms with Crippen LogP contribution < -0.4 is 76.1 Å². The number of hydrogen-bond acceptors (Lipinski definition) is 23. The van der Waals surface area contributed by atoms with Crippen molar-refractivity contribution in [2.24, 2.45) is 34.8 Å². The van der Waals surface area contributed by atoms with E-state index in [2.05, 4.69) is 58.2 Å². The average Bonchev–Trinajstić information content (AvgIpc) is 1.65. The van der Waals surface area contributed by atoms with Gasteiger partial charge in [0.15, 0.2) is 0 Å². The zero-order valence-electron chi connectivity index (χ0n) is 76.8. The predicted octanol–water partition coefficient (Wildman–Crippen LogP) is -2.63. The number of hydrogen-bond donors (Lipinski definition) is 18. The van der Waals surface area contributed by atoms with Gasteiger partial charge in [-0.2, -0.15) is 0 Å². The molecule has 0 spiro atoms. The number of aromatic amines is 1. The number of amides is 17. The lowest BCUT2D eigenvalue weighted by Crippen LogP contribution is -2.62. The molecule has 0 aliphatic carbocycles. The molecule has 0 unspecified atom stereocenters. The summed E-state index contributed by atoms with van der Waals surface area (Å²) in [4.78, 5) is 270. The number of rotatable bonds is 25. The summed E-state index contributed by atoms with van der Waals surface area (Å²) in [6, 6.07) is -2.35. The Balaban J connectivity index is 1.20. The number of nitrogens with one attached hydrogen (secondary N) is 11. The molecule has 0 bridgehead atoms. The quantitative estimate of drug-likeness (QED) is 0.0284. The first-order valence-electron chi connectivity index (χ1n) is 44.8. The second-order valence-electron chi connectivity index (χ2n) is 35.0. The molecule has 3 aliphatic rings. The van der Waals surface area contributed by atoms with E-state index >= 15 is 33.6 Å². The number of aliphatic hydroxyl groups excluding tert-OH is 1. The summed E-state index contributed by atoms with van der Waals surface area (Å²) in [6.07, 6.45) is 1.20. The van der Waals surface area contributed by atoms with Crippen molar-refractivity contribution in [1.29, 1.82) is 0 Å². The number of para-hydroxylation sites is 2. The minimum atomic E-state index is -1.77. The Bertz CT molecular complexity index is 5030. The monoisotopic (exact) mass is 1870 g/mol. The first kappa shape index (κ1) is 106. The number of benzene rings is 3. The van der Waals surface area contributed by atoms with Crippen LogP contribution in [0.1, 0.15) is 142 Å². The van der Waals surface area contributed by atoms with Crippen molar-refractivity contribution < 1.29 is 102 Å². The van der Waals surface area contributed by atoms with E-state index in [1.165, 1.54) is 63.1 Å². The Kier molecular flexibility index (Phi) is 39.4. The number of carboxylic acid groups (broad SMARTS) is 1. The molecule has 3 saturated heterocycles. The zero-order chi connectivity index (χ0) is 97.9. The van der Waals surface area contributed by atoms with Crippen molar-refractivity contribution in [1.82, 2.24) is 87.2 Å². The van der Waals surface area contributed by atoms with Crippen LogP contribution >= 0.6 is 11.8 Å². The lowest BCUT2D eigenvalue weighted by atomic mass is 9.99. The van der Waals surface area contributed by atoms with Crippen LogP contribution in [0.2, 0.25) is 0 Å². The molecule has 15 atom stereocenters. The minimum absolute atomic E-state index is 0.000459. The van der Waals surface area contributed by atoms with E-state index in [9.17, 15) is 68.1 Å². The van der Waals surface area contributed by atoms with Gasteiger partial charge in [-0.1, -0.05) is 116 Å². The second-order valence-corrected chi connectivity index (χ2v) is 36.0. The van der Waals surface area contributed by atoms with Crippen molar-refractivity contribution in [3.63, 3.8) is 0 Å². The highest BCUT2D eigenvalue weighted by Crippen LogP contribution is 2.29. The number of phenolic OH excluding ortho intramolecular Hbond substituents is 1. The summed E-state index contributed by atoms with van der Waals surface area (Å²) in [7, 11) is 3.90. The first-order valence-corrected chi connectivity index (χ1v) is 46.0. The van der Waals surface area contributed by atoms with Gasteiger partial charge in [-0.3, -0.25) is 86.3 Å². The summed E-state index contributed by atoms with van der Waals surface area (Å²) < 4.78 is 1.43. The topological polar surface area (TPSA) is 629 Å². The number of phenols is 1. The van der Waals surface area contributed by atoms with Crippen LogP contribution in [0.25, 0.3) is 21.8 Å². The number of aromatic nitrogens is 2. The number of nitrogens with zero attached hydrogens (tertiary/aromatic N) is 6. The molecule has 5 aromatic rings. The van der Waals surface area contributed by atoms with Gasteiger partial charge < -0.3 is 125 Å². The van der Waals surface area contributed by atoms with Crippen molar-refractivity contribution >= 4 is 140 Å². The van der Waals surface area contributed by atoms with Gasteiger partial charge in [0.05, 0.1) is 24.8 Å². The van der Waals surface area contributed by atoms with Gasteiger partial charge in [-0.15, -0.1) is 11.8 Å². The molecule has 3 fully saturated rings. The maximum atomic E-state index is 15.9. The summed E-state index contributed by atoms with van der Waals surface area (Å²) >= 11 is 0.784. The lowest BCUT2D eigenvalue weighted by molar-refractivity contribution is -0.149. The van der Waals surface area contributed by atoms with Gasteiger partial charge in [-0.25, -0.2) is 0 Å². The number of aliphatic hydroxyl groups is 1. The fraction of sp³-hybridized carbons (Fsp3) is 0.556. The van der Waals surface area contributed by atoms with E-state index in [1.807, 2.05) is 13.8 Å². The van der Waals surface area contributed by atoms with Crippen molar-refractivity contribution in [3.8, 4) is 5.75 Å². The van der Waals surface area contributed by atoms with Crippen LogP contribution in [0.5, 0.6) is 5.75 Å². The maximum absolute atomic E-state index is 15.9. The number of fused-ring (bicyclic) bond motifs is 4. The number of primary amides is 2. The van der Waals surface area contributed by atoms with Crippen LogP contribution in [-0.2, 0) is 112 Å². The number of H-pyrrole nitrogens is 1. The van der Waals surface area contributed by atoms with Gasteiger partial charge in [0, 0.05) is 113 Å². The van der Waals surface area contributed by atoms with E-state index in [4.69, 9.17) is 22.9 Å². The number of thioether (sulfide) groups is 1. The molecule has 22 N–H and O–H groups in total. The molecule has 726 valence electrons. The molecule has 8 rings (SSSR count). The molecule has 3 aromatic carbocycles. The van der Waals surface area contributed by atoms with E-state index in [-0.39, 0.29) is 81.9 Å². The van der Waals surface area contributed by atoms with Crippen molar-refractivity contribution in [2.75, 3.05) is 65.4 Å². The molecule has 42 nitrogen and oxygen atoms in total. The fourth-order valence-corrected chi connectivity index (χ4v) is 17.5. The molecular formula is C90H129N21O21S. The summed E-state index contributed by atoms with van der Waals surface area (Å²) in [5.74, 6) is -18.9. The zero-order valence-corrected chi connectivity index (χ0v) is 77.6. The third kappa shape index (κ3) is 29.1. The SMILES string of the molecule is CCCC[C@H]1C(=O)N(C)[C@@H](CCCC)C(=O)N[C@@H](CC(C)C)C(=O)N[C@H](C(=O)NCC(N)=O)CSCC(=O)N[C@@H](Cc2ccc(O)cc2)C(=O)N(C)[C@@H](C)C(=O)N[C@H](CC(N)=O)C(=O)N2CCC[C@H]2C(=O)N[C@@H](CN)C(=O)N[C@@H](CC(C)C)C(=O)N2C[C@H](O)C[C@H]2C(=O)N[C@@H](Cc2c[nH]c3ccccc23)C(=O)N[C@@H](CN)C(=O)N[C@@H](Cc2cn(CC(=O)O)c3ccccc23)C(=O)N1C. The fourth-order valence-electron chi connectivity index (χ4n) is 16.6. The highest BCUT2D eigenvalue weighted by Gasteiger charge is 2.47. The lowest BCUT2D eigenvalue weighted by Gasteiger charge is -2.36. The van der Waals surface area contributed by atoms with Crippen LogP contribution in [0, 0.1) is 11.8 Å². The summed E-state index contributed by atoms with van der Waals surface area (Å²) in [6.45, 7) is 8.85. The second kappa shape index (κ2) is 49.6. The van der Waals surface area contributed by atoms with Gasteiger partial charge in [0.25, 0.3) is 0 Å². The number of nitrogens with two attached hydrogens (primary N) is 4. The Morgan fingerprint density at radius 3 is 1.69 bits per heavy atom. The molecule has 133 heavy (non-hydrogen) atoms. The van der Waals surface area contributed by atoms with Crippen LogP contribution in [0.3, 0.4) is 0 Å². The maximum Gasteiger partial charge on any atom is 0.323 e. The Hall–Kier alpha value is -12.8. The standard InChI is InChI=1S/C90H129N21O21S/c1-11-13-23-69-83(125)98-59(32-48(3)4)79(121)105-67(78(120)96-42-74(94)115)46-133-47-75(116)97-62(34-51-27-29-54(112)30-28-51)86(128)106(8)50(7)77(119)100-64(38-73(93)114)88(130)110-31-19-26-70(110)84(126)104-66(40-92)82(124)101-61(33-49(5)6)89(131)111-44-55(113)37-72(111)85(127)99-60(35-52-41-95-58-22-17-15-20-56(52)58)80(122)103-65(39-91)81(123)102-63(87(129)108(10)71(24-14-12-2)90(132)107(69)9)36-53-43-109(45-76(117)118)68-25-18-16-21-57(53)68/h15-18,20-22,25,27-30,41,43,48-50,55,59-67,69-72,95,112-113H,11-14,19,23-24,26,31-40,42,44-47,91-92H2,1-10H3,(H2,93,114)(H2,94,115)(H,96,120)(H,97,116)(H,98,125)(H,99,127)(H,100,119)(H,101,124)(H,102,123)(H,103,122)(H,104,126)(H,105,121)(H,117,118)/t50-,55+,59-,60-,61-,62-,63-,64+,65-,66-,67-,69-,70-,71-,72-/m0/s1. The third-order valence-electron chi connectivity index (χ3n) is 23.9. The molecule has 5 heterocycles. The highest BCUT2D eigenvalue weighted by atomic mass is 32.2. The smallest absolute Gasteiger partial charge is 0.323 e. The normalized spacial score (nSPS) is 25.0. The van der Waals surface area contributed by atoms with Gasteiger partial charge >= 0.3 is 5.97 Å². The third-order valence-corrected chi connectivity index (χ3v) is 24.9. The first-order chi connectivity index (χ1) is 63.1. The number of carboxylic acids is 1. The van der Waals surface area contributed by atoms with Gasteiger partial charge in [0.1, 0.15) is 96.9 Å². The number of unbranched alkanes of at least 4 members (excludes halogenated alkanes) is 2. The van der Waals surface area contributed by atoms with Gasteiger partial charge in [-0.05, 0) is 98.2 Å². The van der Waals surface area contributed by atoms with Crippen molar-refractivity contribution in [2.45, 2.75) is 242 Å². The minimum Gasteiger partial charge on any atom is -0.508 e. The number of likely N-dealkylation sites (N-methyl/N-ethyl adjacent to an activating group) is 3. The number of aromatic hydroxyl groups is 1. The molecule has 0 radical (unpaired) electrons. The molecule has 0 saturated carbocycles. The van der Waals surface area contributed by atoms with E-state index in [0.717, 1.165) is 36.3 Å². The predicted molar refractivity (Wildman–Crippen MR) is 490 cm³/mol. The molecule has 17 amide bonds. The number of aliphatic carboxylic acids is 1. The Morgan fingerprint density at radius 2 is 1.07 bits per heavy atom. The number of carbonyl (C=O) groups excluding carboxylic acids is 17. The van der Waals surface area contributed by atoms with E-state index in [0.29, 0.717) is 64.2 Å². The molecule has 2 aromatic heterocycles. The average molecular weight is 1870 g/mol. The summed E-state index contributed by atoms with van der Waals surface area (Å²) in [5, 5.41) is 59.1. The number of carbonyl (C=O) groups is 18. The largest absolute Gasteiger partial charge is 0.508 e. The van der Waals surface area contributed by atoms with Crippen LogP contribution in [0.15, 0.2) is 85.2 Å². The van der Waals surface area contributed by atoms with Gasteiger partial charge in [0.2, 0.25) is 100 Å². The van der Waals surface area contributed by atoms with E-state index < -0.39 is 254 Å². The van der Waals surface area contributed by atoms with Crippen molar-refractivity contribution in [3.05, 3.63) is 102 Å². The summed E-state index contributed by atoms with van der Waals surface area (Å²) in [5.41, 5.74) is 26.0. The molecule has 3 aliphatic heterocycles. The van der Waals surface area contributed by atoms with Crippen LogP contribution in [-0.4, -0.2) is 312 Å².